The third kappa shape index (κ3) is 2.58. The lowest BCUT2D eigenvalue weighted by atomic mass is 10.0. The molecule has 1 atom stereocenters. The minimum Gasteiger partial charge on any atom is -0.315 e. The lowest BCUT2D eigenvalue weighted by Crippen LogP contribution is -2.49. The summed E-state index contributed by atoms with van der Waals surface area (Å²) >= 11 is 0. The van der Waals surface area contributed by atoms with Gasteiger partial charge in [0, 0.05) is 12.1 Å². The fraction of sp³-hybridized carbons (Fsp3) is 1.00. The van der Waals surface area contributed by atoms with Crippen molar-refractivity contribution in [2.45, 2.75) is 24.6 Å². The third-order valence-electron chi connectivity index (χ3n) is 1.99. The molecule has 0 spiro atoms. The Kier molecular flexibility index (Phi) is 2.88. The minimum absolute atomic E-state index is 0.388. The van der Waals surface area contributed by atoms with Crippen LogP contribution >= 0.6 is 0 Å². The molecule has 0 aromatic heterocycles. The highest BCUT2D eigenvalue weighted by Crippen LogP contribution is 2.16. The first-order valence-electron chi connectivity index (χ1n) is 3.87. The lowest BCUT2D eigenvalue weighted by Gasteiger charge is -2.23. The topological polar surface area (TPSA) is 58.2 Å². The maximum atomic E-state index is 12.0. The van der Waals surface area contributed by atoms with Gasteiger partial charge in [0.15, 0.2) is 0 Å². The van der Waals surface area contributed by atoms with Gasteiger partial charge in [-0.3, -0.25) is 0 Å². The van der Waals surface area contributed by atoms with Crippen molar-refractivity contribution in [2.75, 3.05) is 13.1 Å². The Hall–Kier alpha value is -0.270. The van der Waals surface area contributed by atoms with Crippen LogP contribution < -0.4 is 10.0 Å². The molecular formula is C6H12F2N2O2S. The van der Waals surface area contributed by atoms with E-state index in [0.717, 1.165) is 0 Å². The van der Waals surface area contributed by atoms with Crippen molar-refractivity contribution >= 4 is 10.0 Å². The zero-order valence-electron chi connectivity index (χ0n) is 7.18. The molecule has 0 aliphatic carbocycles. The fourth-order valence-electron chi connectivity index (χ4n) is 1.29. The van der Waals surface area contributed by atoms with Gasteiger partial charge >= 0.3 is 5.76 Å². The van der Waals surface area contributed by atoms with Crippen LogP contribution in [0, 0.1) is 0 Å². The normalized spacial score (nSPS) is 29.8. The Balaban J connectivity index is 2.67. The van der Waals surface area contributed by atoms with Gasteiger partial charge in [0.25, 0.3) is 10.0 Å². The fourth-order valence-corrected chi connectivity index (χ4v) is 2.24. The van der Waals surface area contributed by atoms with Crippen LogP contribution in [0.15, 0.2) is 0 Å². The number of hydrogen-bond acceptors (Lipinski definition) is 3. The van der Waals surface area contributed by atoms with E-state index in [1.807, 2.05) is 4.72 Å². The van der Waals surface area contributed by atoms with Gasteiger partial charge in [0.05, 0.1) is 0 Å². The second-order valence-corrected chi connectivity index (χ2v) is 5.05. The summed E-state index contributed by atoms with van der Waals surface area (Å²) in [4.78, 5) is 0. The number of nitrogens with one attached hydrogen (secondary N) is 2. The van der Waals surface area contributed by atoms with Gasteiger partial charge < -0.3 is 5.32 Å². The summed E-state index contributed by atoms with van der Waals surface area (Å²) in [6, 6.07) is 0. The summed E-state index contributed by atoms with van der Waals surface area (Å²) in [6.07, 6.45) is 0.527. The number of alkyl halides is 2. The van der Waals surface area contributed by atoms with Crippen molar-refractivity contribution in [1.82, 2.24) is 10.0 Å². The van der Waals surface area contributed by atoms with Crippen molar-refractivity contribution in [3.05, 3.63) is 0 Å². The summed E-state index contributed by atoms with van der Waals surface area (Å²) < 4.78 is 47.5. The molecule has 0 aromatic carbocycles. The van der Waals surface area contributed by atoms with Gasteiger partial charge in [-0.15, -0.1) is 0 Å². The molecule has 0 saturated carbocycles. The molecule has 1 fully saturated rings. The average molecular weight is 214 g/mol. The van der Waals surface area contributed by atoms with Crippen molar-refractivity contribution in [3.8, 4) is 0 Å². The van der Waals surface area contributed by atoms with Crippen LogP contribution in [0.2, 0.25) is 0 Å². The van der Waals surface area contributed by atoms with E-state index in [0.29, 0.717) is 19.5 Å². The number of halogens is 2. The zero-order chi connectivity index (χ0) is 10.1. The predicted molar refractivity (Wildman–Crippen MR) is 44.0 cm³/mol. The van der Waals surface area contributed by atoms with Crippen LogP contribution in [0.5, 0.6) is 0 Å². The summed E-state index contributed by atoms with van der Waals surface area (Å²) in [7, 11) is -4.46. The molecule has 1 rings (SSSR count). The minimum atomic E-state index is -4.46. The molecule has 0 amide bonds. The van der Waals surface area contributed by atoms with E-state index in [4.69, 9.17) is 0 Å². The summed E-state index contributed by atoms with van der Waals surface area (Å²) in [5.41, 5.74) is -0.769. The first-order valence-corrected chi connectivity index (χ1v) is 5.42. The predicted octanol–water partition coefficient (Wildman–Crippen LogP) is -0.120. The molecule has 1 saturated heterocycles. The Morgan fingerprint density at radius 2 is 2.15 bits per heavy atom. The standard InChI is InChI=1S/C6H12F2N2O2S/c1-6(2-3-9-4-6)10-13(11,12)5(7)8/h5,9-10H,2-4H2,1H3. The molecule has 1 aliphatic heterocycles. The third-order valence-corrected chi connectivity index (χ3v) is 3.24. The van der Waals surface area contributed by atoms with E-state index in [2.05, 4.69) is 5.32 Å². The molecule has 7 heteroatoms. The zero-order valence-corrected chi connectivity index (χ0v) is 8.00. The summed E-state index contributed by atoms with van der Waals surface area (Å²) in [5.74, 6) is -3.36. The maximum absolute atomic E-state index is 12.0. The molecule has 0 radical (unpaired) electrons. The number of hydrogen-bond donors (Lipinski definition) is 2. The molecule has 4 nitrogen and oxygen atoms in total. The first kappa shape index (κ1) is 10.8. The van der Waals surface area contributed by atoms with Gasteiger partial charge in [0.1, 0.15) is 0 Å². The molecule has 78 valence electrons. The molecule has 1 aliphatic rings. The van der Waals surface area contributed by atoms with Crippen LogP contribution in [0.1, 0.15) is 13.3 Å². The van der Waals surface area contributed by atoms with Crippen LogP contribution in [0.3, 0.4) is 0 Å². The number of rotatable bonds is 3. The quantitative estimate of drug-likeness (QED) is 0.688. The molecule has 0 aromatic rings. The molecule has 1 heterocycles. The van der Waals surface area contributed by atoms with E-state index >= 15 is 0 Å². The van der Waals surface area contributed by atoms with Crippen LogP contribution in [-0.2, 0) is 10.0 Å². The van der Waals surface area contributed by atoms with E-state index < -0.39 is 21.3 Å². The second kappa shape index (κ2) is 3.47. The van der Waals surface area contributed by atoms with E-state index in [1.165, 1.54) is 0 Å². The maximum Gasteiger partial charge on any atom is 0.350 e. The SMILES string of the molecule is CC1(NS(=O)(=O)C(F)F)CCNC1. The van der Waals surface area contributed by atoms with Crippen LogP contribution in [0.25, 0.3) is 0 Å². The van der Waals surface area contributed by atoms with Gasteiger partial charge in [0.2, 0.25) is 0 Å². The van der Waals surface area contributed by atoms with Gasteiger partial charge in [-0.2, -0.15) is 8.78 Å². The molecule has 13 heavy (non-hydrogen) atoms. The highest BCUT2D eigenvalue weighted by molar-refractivity contribution is 7.89. The van der Waals surface area contributed by atoms with E-state index in [9.17, 15) is 17.2 Å². The first-order chi connectivity index (χ1) is 5.86. The summed E-state index contributed by atoms with van der Waals surface area (Å²) in [5, 5.41) is 2.90. The largest absolute Gasteiger partial charge is 0.350 e. The average Bonchev–Trinajstić information content (AvgIpc) is 2.34. The Morgan fingerprint density at radius 1 is 1.54 bits per heavy atom. The Bertz CT molecular complexity index is 272. The van der Waals surface area contributed by atoms with Crippen molar-refractivity contribution < 1.29 is 17.2 Å². The Labute approximate surface area is 75.7 Å². The van der Waals surface area contributed by atoms with Crippen molar-refractivity contribution in [2.24, 2.45) is 0 Å². The van der Waals surface area contributed by atoms with Crippen LogP contribution in [0.4, 0.5) is 8.78 Å². The second-order valence-electron chi connectivity index (χ2n) is 3.40. The van der Waals surface area contributed by atoms with E-state index in [1.54, 1.807) is 6.92 Å². The van der Waals surface area contributed by atoms with Gasteiger partial charge in [-0.1, -0.05) is 0 Å². The van der Waals surface area contributed by atoms with E-state index in [-0.39, 0.29) is 0 Å². The molecule has 2 N–H and O–H groups in total. The molecule has 1 unspecified atom stereocenters. The lowest BCUT2D eigenvalue weighted by molar-refractivity contribution is 0.229. The Morgan fingerprint density at radius 3 is 2.54 bits per heavy atom. The summed E-state index contributed by atoms with van der Waals surface area (Å²) in [6.45, 7) is 2.63. The van der Waals surface area contributed by atoms with Crippen molar-refractivity contribution in [1.29, 1.82) is 0 Å². The highest BCUT2D eigenvalue weighted by Gasteiger charge is 2.36. The highest BCUT2D eigenvalue weighted by atomic mass is 32.2. The molecular weight excluding hydrogens is 202 g/mol. The van der Waals surface area contributed by atoms with Gasteiger partial charge in [-0.25, -0.2) is 13.1 Å². The van der Waals surface area contributed by atoms with Crippen LogP contribution in [-0.4, -0.2) is 32.8 Å². The van der Waals surface area contributed by atoms with Gasteiger partial charge in [-0.05, 0) is 19.9 Å². The smallest absolute Gasteiger partial charge is 0.315 e. The number of sulfonamides is 1. The molecule has 0 bridgehead atoms. The monoisotopic (exact) mass is 214 g/mol. The van der Waals surface area contributed by atoms with Crippen molar-refractivity contribution in [3.63, 3.8) is 0 Å².